The Morgan fingerprint density at radius 3 is 2.34 bits per heavy atom. The van der Waals surface area contributed by atoms with Crippen LogP contribution in [-0.2, 0) is 14.4 Å². The summed E-state index contributed by atoms with van der Waals surface area (Å²) >= 11 is 1.68. The molecule has 3 unspecified atom stereocenters. The van der Waals surface area contributed by atoms with Crippen molar-refractivity contribution in [2.24, 2.45) is 29.1 Å². The average molecular weight is 510 g/mol. The lowest BCUT2D eigenvalue weighted by Crippen LogP contribution is -2.62. The molecule has 0 aromatic rings. The molecular weight excluding hydrogens is 462 g/mol. The van der Waals surface area contributed by atoms with Crippen molar-refractivity contribution in [3.05, 3.63) is 0 Å². The second-order valence-corrected chi connectivity index (χ2v) is 14.7. The number of carbonyl (C=O) groups is 3. The number of rotatable bonds is 9. The topological polar surface area (TPSA) is 98.7 Å². The van der Waals surface area contributed by atoms with Gasteiger partial charge in [-0.05, 0) is 50.4 Å². The van der Waals surface area contributed by atoms with Gasteiger partial charge in [-0.15, -0.1) is 11.8 Å². The summed E-state index contributed by atoms with van der Waals surface area (Å²) in [6.07, 6.45) is 2.42. The maximum atomic E-state index is 14.2. The zero-order valence-electron chi connectivity index (χ0n) is 23.1. The van der Waals surface area contributed by atoms with Crippen LogP contribution in [0.2, 0.25) is 0 Å². The minimum atomic E-state index is -0.715. The number of aliphatic hydroxyl groups is 1. The van der Waals surface area contributed by atoms with E-state index in [1.165, 1.54) is 0 Å². The highest BCUT2D eigenvalue weighted by Gasteiger charge is 2.76. The van der Waals surface area contributed by atoms with Gasteiger partial charge in [-0.25, -0.2) is 0 Å². The zero-order valence-corrected chi connectivity index (χ0v) is 23.9. The molecule has 3 N–H and O–H groups in total. The Bertz CT molecular complexity index is 839. The first-order valence-electron chi connectivity index (χ1n) is 13.3. The lowest BCUT2D eigenvalue weighted by molar-refractivity contribution is -0.144. The third-order valence-corrected chi connectivity index (χ3v) is 10.1. The number of nitrogens with one attached hydrogen (secondary N) is 2. The highest BCUT2D eigenvalue weighted by molar-refractivity contribution is 8.02. The fraction of sp³-hybridized carbons (Fsp3) is 0.889. The molecule has 2 bridgehead atoms. The molecule has 1 spiro atoms. The van der Waals surface area contributed by atoms with Gasteiger partial charge in [0.15, 0.2) is 0 Å². The van der Waals surface area contributed by atoms with Gasteiger partial charge in [-0.3, -0.25) is 14.4 Å². The molecule has 0 saturated carbocycles. The normalized spacial score (nSPS) is 33.3. The summed E-state index contributed by atoms with van der Waals surface area (Å²) in [7, 11) is 0. The minimum absolute atomic E-state index is 0.0185. The number of aliphatic hydroxyl groups excluding tert-OH is 1. The van der Waals surface area contributed by atoms with Crippen LogP contribution in [0.3, 0.4) is 0 Å². The fourth-order valence-electron chi connectivity index (χ4n) is 7.17. The molecule has 3 rings (SSSR count). The first kappa shape index (κ1) is 28.3. The number of hydrogen-bond acceptors (Lipinski definition) is 5. The van der Waals surface area contributed by atoms with E-state index in [9.17, 15) is 19.5 Å². The van der Waals surface area contributed by atoms with Crippen LogP contribution >= 0.6 is 11.8 Å². The summed E-state index contributed by atoms with van der Waals surface area (Å²) in [5, 5.41) is 16.7. The number of thioether (sulfide) groups is 1. The molecule has 3 aliphatic rings. The first-order valence-corrected chi connectivity index (χ1v) is 14.2. The van der Waals surface area contributed by atoms with Crippen LogP contribution in [0.4, 0.5) is 0 Å². The first-order chi connectivity index (χ1) is 16.1. The van der Waals surface area contributed by atoms with Crippen molar-refractivity contribution in [1.29, 1.82) is 0 Å². The van der Waals surface area contributed by atoms with Gasteiger partial charge < -0.3 is 20.6 Å². The molecule has 3 heterocycles. The standard InChI is InChI=1S/C27H47N3O4S/c1-10-11-28-22(32)19-18-12-16(4)27(35-18)20(19)24(34)30(17(13-31)15(2)3)21(27)23(33)29-26(8,9)14-25(5,6)7/h15-21,31H,10-14H2,1-9H3,(H,28,32)(H,29,33)/t16?,17-,18-,19+,20-,21?,27?/m0/s1. The molecule has 7 nitrogen and oxygen atoms in total. The van der Waals surface area contributed by atoms with Crippen LogP contribution in [0.1, 0.15) is 81.6 Å². The summed E-state index contributed by atoms with van der Waals surface area (Å²) in [5.74, 6) is -1.29. The molecule has 35 heavy (non-hydrogen) atoms. The van der Waals surface area contributed by atoms with E-state index >= 15 is 0 Å². The monoisotopic (exact) mass is 509 g/mol. The molecule has 7 atom stereocenters. The van der Waals surface area contributed by atoms with Gasteiger partial charge in [0.25, 0.3) is 0 Å². The Morgan fingerprint density at radius 1 is 1.20 bits per heavy atom. The number of likely N-dealkylation sites (tertiary alicyclic amines) is 1. The molecule has 3 amide bonds. The highest BCUT2D eigenvalue weighted by atomic mass is 32.2. The van der Waals surface area contributed by atoms with E-state index in [2.05, 4.69) is 38.3 Å². The Morgan fingerprint density at radius 2 is 1.83 bits per heavy atom. The van der Waals surface area contributed by atoms with Gasteiger partial charge in [-0.2, -0.15) is 0 Å². The van der Waals surface area contributed by atoms with Crippen LogP contribution in [-0.4, -0.2) is 68.5 Å². The van der Waals surface area contributed by atoms with Gasteiger partial charge in [0.05, 0.1) is 29.2 Å². The molecule has 0 aromatic carbocycles. The van der Waals surface area contributed by atoms with Gasteiger partial charge in [0.1, 0.15) is 6.04 Å². The molecule has 0 aromatic heterocycles. The maximum Gasteiger partial charge on any atom is 0.244 e. The van der Waals surface area contributed by atoms with E-state index in [4.69, 9.17) is 0 Å². The van der Waals surface area contributed by atoms with Crippen LogP contribution in [0, 0.1) is 29.1 Å². The Kier molecular flexibility index (Phi) is 7.99. The van der Waals surface area contributed by atoms with Gasteiger partial charge in [-0.1, -0.05) is 48.5 Å². The number of amides is 3. The fourth-order valence-corrected chi connectivity index (χ4v) is 9.58. The molecule has 3 saturated heterocycles. The van der Waals surface area contributed by atoms with Crippen molar-refractivity contribution >= 4 is 29.5 Å². The summed E-state index contributed by atoms with van der Waals surface area (Å²) < 4.78 is -0.666. The van der Waals surface area contributed by atoms with Crippen molar-refractivity contribution in [3.8, 4) is 0 Å². The molecule has 200 valence electrons. The van der Waals surface area contributed by atoms with E-state index in [1.807, 2.05) is 34.6 Å². The lowest BCUT2D eigenvalue weighted by atomic mass is 9.65. The van der Waals surface area contributed by atoms with Crippen LogP contribution in [0.5, 0.6) is 0 Å². The summed E-state index contributed by atoms with van der Waals surface area (Å²) in [6.45, 7) is 19.0. The molecule has 8 heteroatoms. The summed E-state index contributed by atoms with van der Waals surface area (Å²) in [6, 6.07) is -1.19. The second kappa shape index (κ2) is 9.88. The summed E-state index contributed by atoms with van der Waals surface area (Å²) in [4.78, 5) is 43.3. The average Bonchev–Trinajstić information content (AvgIpc) is 3.28. The minimum Gasteiger partial charge on any atom is -0.394 e. The molecule has 0 aliphatic carbocycles. The predicted molar refractivity (Wildman–Crippen MR) is 141 cm³/mol. The Labute approximate surface area is 215 Å². The van der Waals surface area contributed by atoms with E-state index < -0.39 is 34.2 Å². The summed E-state index contributed by atoms with van der Waals surface area (Å²) in [5.41, 5.74) is -0.446. The van der Waals surface area contributed by atoms with Crippen LogP contribution in [0.15, 0.2) is 0 Å². The zero-order chi connectivity index (χ0) is 26.5. The third kappa shape index (κ3) is 4.98. The molecule has 3 aliphatic heterocycles. The lowest BCUT2D eigenvalue weighted by Gasteiger charge is -2.43. The largest absolute Gasteiger partial charge is 0.394 e. The number of nitrogens with zero attached hydrogens (tertiary/aromatic N) is 1. The van der Waals surface area contributed by atoms with Gasteiger partial charge in [0, 0.05) is 17.3 Å². The molecule has 0 radical (unpaired) electrons. The van der Waals surface area contributed by atoms with Gasteiger partial charge in [0.2, 0.25) is 17.7 Å². The smallest absolute Gasteiger partial charge is 0.244 e. The SMILES string of the molecule is CCCNC(=O)[C@@H]1[C@@H]2CC(C)C3(S2)C(C(=O)NC(C)(C)CC(C)(C)C)N([C@@H](CO)C(C)C)C(=O)[C@H]13. The van der Waals surface area contributed by atoms with Crippen molar-refractivity contribution in [1.82, 2.24) is 15.5 Å². The van der Waals surface area contributed by atoms with Gasteiger partial charge >= 0.3 is 0 Å². The third-order valence-electron chi connectivity index (χ3n) is 8.03. The number of fused-ring (bicyclic) bond motifs is 1. The predicted octanol–water partition coefficient (Wildman–Crippen LogP) is 3.20. The van der Waals surface area contributed by atoms with E-state index in [1.54, 1.807) is 16.7 Å². The number of carbonyl (C=O) groups excluding carboxylic acids is 3. The number of hydrogen-bond donors (Lipinski definition) is 3. The highest BCUT2D eigenvalue weighted by Crippen LogP contribution is 2.68. The maximum absolute atomic E-state index is 14.2. The Hall–Kier alpha value is -1.28. The van der Waals surface area contributed by atoms with E-state index in [-0.39, 0.29) is 46.8 Å². The second-order valence-electron chi connectivity index (χ2n) is 13.2. The van der Waals surface area contributed by atoms with Crippen LogP contribution in [0.25, 0.3) is 0 Å². The molecular formula is C27H47N3O4S. The van der Waals surface area contributed by atoms with E-state index in [0.717, 1.165) is 19.3 Å². The van der Waals surface area contributed by atoms with Crippen molar-refractivity contribution in [3.63, 3.8) is 0 Å². The van der Waals surface area contributed by atoms with E-state index in [0.29, 0.717) is 6.54 Å². The Balaban J connectivity index is 2.06. The van der Waals surface area contributed by atoms with Crippen molar-refractivity contribution < 1.29 is 19.5 Å². The van der Waals surface area contributed by atoms with Crippen LogP contribution < -0.4 is 10.6 Å². The quantitative estimate of drug-likeness (QED) is 0.443. The van der Waals surface area contributed by atoms with Crippen molar-refractivity contribution in [2.75, 3.05) is 13.2 Å². The molecule has 3 fully saturated rings. The van der Waals surface area contributed by atoms with Crippen molar-refractivity contribution in [2.45, 2.75) is 109 Å².